The topological polar surface area (TPSA) is 70.2 Å². The molecular formula is C16H22ClN3O2. The van der Waals surface area contributed by atoms with Crippen molar-refractivity contribution in [1.29, 1.82) is 0 Å². The Hall–Kier alpha value is -1.59. The number of hydrogen-bond donors (Lipinski definition) is 3. The Labute approximate surface area is 135 Å². The van der Waals surface area contributed by atoms with Crippen LogP contribution in [0.25, 0.3) is 0 Å². The molecule has 6 heteroatoms. The molecule has 0 saturated carbocycles. The lowest BCUT2D eigenvalue weighted by Gasteiger charge is -2.10. The van der Waals surface area contributed by atoms with E-state index >= 15 is 0 Å². The number of nitrogens with one attached hydrogen (secondary N) is 3. The first kappa shape index (κ1) is 16.8. The fraction of sp³-hybridized carbons (Fsp3) is 0.500. The average Bonchev–Trinajstić information content (AvgIpc) is 2.99. The van der Waals surface area contributed by atoms with E-state index < -0.39 is 0 Å². The van der Waals surface area contributed by atoms with Crippen LogP contribution in [0, 0.1) is 12.8 Å². The van der Waals surface area contributed by atoms with Gasteiger partial charge in [-0.15, -0.1) is 0 Å². The average molecular weight is 324 g/mol. The number of halogens is 1. The predicted molar refractivity (Wildman–Crippen MR) is 88.0 cm³/mol. The number of carbonyl (C=O) groups excluding carboxylic acids is 2. The van der Waals surface area contributed by atoms with Crippen LogP contribution in [-0.2, 0) is 9.59 Å². The molecule has 1 aliphatic heterocycles. The van der Waals surface area contributed by atoms with Crippen LogP contribution in [0.1, 0.15) is 24.8 Å². The van der Waals surface area contributed by atoms with Gasteiger partial charge in [-0.1, -0.05) is 17.7 Å². The van der Waals surface area contributed by atoms with Crippen molar-refractivity contribution in [2.45, 2.75) is 26.2 Å². The van der Waals surface area contributed by atoms with Gasteiger partial charge in [0.2, 0.25) is 11.8 Å². The largest absolute Gasteiger partial charge is 0.347 e. The normalized spacial score (nSPS) is 17.3. The van der Waals surface area contributed by atoms with Crippen LogP contribution >= 0.6 is 11.6 Å². The zero-order valence-electron chi connectivity index (χ0n) is 12.7. The standard InChI is InChI=1S/C16H22ClN3O2/c1-11-2-4-14(13(17)8-11)20-16(22)10-19-15(21)5-3-12-6-7-18-9-12/h2,4,8,12,18H,3,5-7,9-10H2,1H3,(H,19,21)(H,20,22). The monoisotopic (exact) mass is 323 g/mol. The van der Waals surface area contributed by atoms with Gasteiger partial charge in [-0.05, 0) is 56.5 Å². The van der Waals surface area contributed by atoms with Crippen LogP contribution in [0.5, 0.6) is 0 Å². The Bertz CT molecular complexity index is 542. The molecule has 1 aromatic carbocycles. The molecule has 0 bridgehead atoms. The molecular weight excluding hydrogens is 302 g/mol. The molecule has 2 rings (SSSR count). The van der Waals surface area contributed by atoms with Crippen molar-refractivity contribution in [3.63, 3.8) is 0 Å². The third kappa shape index (κ3) is 5.31. The van der Waals surface area contributed by atoms with Crippen LogP contribution in [0.3, 0.4) is 0 Å². The molecule has 1 unspecified atom stereocenters. The van der Waals surface area contributed by atoms with Gasteiger partial charge in [-0.2, -0.15) is 0 Å². The van der Waals surface area contributed by atoms with Gasteiger partial charge in [0.15, 0.2) is 0 Å². The molecule has 1 aliphatic rings. The first-order chi connectivity index (χ1) is 10.5. The summed E-state index contributed by atoms with van der Waals surface area (Å²) in [5.74, 6) is 0.213. The molecule has 2 amide bonds. The summed E-state index contributed by atoms with van der Waals surface area (Å²) >= 11 is 6.05. The number of aryl methyl sites for hydroxylation is 1. The van der Waals surface area contributed by atoms with Gasteiger partial charge in [0, 0.05) is 6.42 Å². The Morgan fingerprint density at radius 2 is 2.18 bits per heavy atom. The minimum atomic E-state index is -0.276. The van der Waals surface area contributed by atoms with E-state index in [1.54, 1.807) is 12.1 Å². The summed E-state index contributed by atoms with van der Waals surface area (Å²) in [5, 5.41) is 9.11. The second kappa shape index (κ2) is 8.15. The Morgan fingerprint density at radius 3 is 2.86 bits per heavy atom. The van der Waals surface area contributed by atoms with Crippen LogP contribution in [0.15, 0.2) is 18.2 Å². The maximum absolute atomic E-state index is 11.8. The minimum absolute atomic E-state index is 0.0358. The van der Waals surface area contributed by atoms with Crippen molar-refractivity contribution in [2.75, 3.05) is 25.0 Å². The number of hydrogen-bond acceptors (Lipinski definition) is 3. The van der Waals surface area contributed by atoms with Gasteiger partial charge >= 0.3 is 0 Å². The third-order valence-electron chi connectivity index (χ3n) is 3.79. The van der Waals surface area contributed by atoms with E-state index in [1.165, 1.54) is 0 Å². The van der Waals surface area contributed by atoms with Gasteiger partial charge in [-0.3, -0.25) is 9.59 Å². The molecule has 0 aliphatic carbocycles. The van der Waals surface area contributed by atoms with Gasteiger partial charge in [0.1, 0.15) is 0 Å². The maximum atomic E-state index is 11.8. The minimum Gasteiger partial charge on any atom is -0.347 e. The molecule has 1 fully saturated rings. The van der Waals surface area contributed by atoms with Gasteiger partial charge in [-0.25, -0.2) is 0 Å². The number of carbonyl (C=O) groups is 2. The number of amides is 2. The molecule has 3 N–H and O–H groups in total. The lowest BCUT2D eigenvalue weighted by atomic mass is 10.0. The summed E-state index contributed by atoms with van der Waals surface area (Å²) in [6.07, 6.45) is 2.45. The highest BCUT2D eigenvalue weighted by Gasteiger charge is 2.16. The number of anilines is 1. The molecule has 1 heterocycles. The van der Waals surface area contributed by atoms with Gasteiger partial charge < -0.3 is 16.0 Å². The molecule has 1 saturated heterocycles. The van der Waals surface area contributed by atoms with E-state index in [4.69, 9.17) is 11.6 Å². The SMILES string of the molecule is Cc1ccc(NC(=O)CNC(=O)CCC2CCNC2)c(Cl)c1. The molecule has 0 radical (unpaired) electrons. The lowest BCUT2D eigenvalue weighted by molar-refractivity contribution is -0.124. The second-order valence-corrected chi connectivity index (χ2v) is 6.11. The molecule has 5 nitrogen and oxygen atoms in total. The maximum Gasteiger partial charge on any atom is 0.243 e. The zero-order chi connectivity index (χ0) is 15.9. The Kier molecular flexibility index (Phi) is 6.21. The summed E-state index contributed by atoms with van der Waals surface area (Å²) in [6.45, 7) is 3.91. The Morgan fingerprint density at radius 1 is 1.36 bits per heavy atom. The van der Waals surface area contributed by atoms with E-state index in [0.29, 0.717) is 23.0 Å². The number of rotatable bonds is 6. The fourth-order valence-electron chi connectivity index (χ4n) is 2.48. The second-order valence-electron chi connectivity index (χ2n) is 5.71. The van der Waals surface area contributed by atoms with Crippen LogP contribution in [0.2, 0.25) is 5.02 Å². The molecule has 0 spiro atoms. The third-order valence-corrected chi connectivity index (χ3v) is 4.10. The lowest BCUT2D eigenvalue weighted by Crippen LogP contribution is -2.33. The molecule has 0 aromatic heterocycles. The van der Waals surface area contributed by atoms with E-state index in [-0.39, 0.29) is 18.4 Å². The van der Waals surface area contributed by atoms with Gasteiger partial charge in [0.25, 0.3) is 0 Å². The molecule has 120 valence electrons. The summed E-state index contributed by atoms with van der Waals surface area (Å²) in [5.41, 5.74) is 1.58. The van der Waals surface area contributed by atoms with E-state index in [9.17, 15) is 9.59 Å². The van der Waals surface area contributed by atoms with Crippen molar-refractivity contribution in [2.24, 2.45) is 5.92 Å². The Balaban J connectivity index is 1.69. The quantitative estimate of drug-likeness (QED) is 0.751. The van der Waals surface area contributed by atoms with Crippen molar-refractivity contribution in [3.8, 4) is 0 Å². The first-order valence-electron chi connectivity index (χ1n) is 7.58. The zero-order valence-corrected chi connectivity index (χ0v) is 13.5. The van der Waals surface area contributed by atoms with Crippen LogP contribution in [-0.4, -0.2) is 31.4 Å². The van der Waals surface area contributed by atoms with Crippen molar-refractivity contribution in [1.82, 2.24) is 10.6 Å². The van der Waals surface area contributed by atoms with Crippen LogP contribution < -0.4 is 16.0 Å². The highest BCUT2D eigenvalue weighted by Crippen LogP contribution is 2.22. The summed E-state index contributed by atoms with van der Waals surface area (Å²) < 4.78 is 0. The predicted octanol–water partition coefficient (Wildman–Crippen LogP) is 2.09. The van der Waals surface area contributed by atoms with Crippen molar-refractivity contribution < 1.29 is 9.59 Å². The van der Waals surface area contributed by atoms with Crippen molar-refractivity contribution in [3.05, 3.63) is 28.8 Å². The highest BCUT2D eigenvalue weighted by atomic mass is 35.5. The highest BCUT2D eigenvalue weighted by molar-refractivity contribution is 6.33. The summed E-state index contributed by atoms with van der Waals surface area (Å²) in [4.78, 5) is 23.6. The van der Waals surface area contributed by atoms with Crippen LogP contribution in [0.4, 0.5) is 5.69 Å². The summed E-state index contributed by atoms with van der Waals surface area (Å²) in [7, 11) is 0. The molecule has 1 aromatic rings. The molecule has 1 atom stereocenters. The molecule has 22 heavy (non-hydrogen) atoms. The van der Waals surface area contributed by atoms with E-state index in [1.807, 2.05) is 13.0 Å². The van der Waals surface area contributed by atoms with Crippen molar-refractivity contribution >= 4 is 29.1 Å². The van der Waals surface area contributed by atoms with E-state index in [2.05, 4.69) is 16.0 Å². The smallest absolute Gasteiger partial charge is 0.243 e. The summed E-state index contributed by atoms with van der Waals surface area (Å²) in [6, 6.07) is 5.41. The van der Waals surface area contributed by atoms with Gasteiger partial charge in [0.05, 0.1) is 17.3 Å². The first-order valence-corrected chi connectivity index (χ1v) is 7.96. The number of benzene rings is 1. The van der Waals surface area contributed by atoms with E-state index in [0.717, 1.165) is 31.5 Å². The fourth-order valence-corrected chi connectivity index (χ4v) is 2.76.